The second-order valence-corrected chi connectivity index (χ2v) is 15.7. The topological polar surface area (TPSA) is 119 Å². The molecule has 2 saturated heterocycles. The first-order chi connectivity index (χ1) is 23.7. The monoisotopic (exact) mass is 685 g/mol. The molecule has 2 atom stereocenters. The zero-order valence-corrected chi connectivity index (χ0v) is 30.3. The highest BCUT2D eigenvalue weighted by atomic mass is 16.5. The zero-order chi connectivity index (χ0) is 36.0. The first kappa shape index (κ1) is 35.3. The van der Waals surface area contributed by atoms with Crippen molar-refractivity contribution in [1.29, 1.82) is 0 Å². The second kappa shape index (κ2) is 13.7. The van der Waals surface area contributed by atoms with E-state index >= 15 is 0 Å². The number of hydrogen-bond donors (Lipinski definition) is 1. The van der Waals surface area contributed by atoms with Gasteiger partial charge in [-0.3, -0.25) is 14.6 Å². The summed E-state index contributed by atoms with van der Waals surface area (Å²) >= 11 is 0. The molecule has 11 nitrogen and oxygen atoms in total. The van der Waals surface area contributed by atoms with Crippen molar-refractivity contribution < 1.29 is 28.5 Å². The number of nitrogens with zero attached hydrogens (tertiary/aromatic N) is 4. The molecule has 2 fully saturated rings. The van der Waals surface area contributed by atoms with Crippen LogP contribution >= 0.6 is 0 Å². The maximum Gasteiger partial charge on any atom is 0.257 e. The summed E-state index contributed by atoms with van der Waals surface area (Å²) in [7, 11) is 3.17. The number of ether oxygens (including phenoxy) is 4. The van der Waals surface area contributed by atoms with E-state index in [0.717, 1.165) is 43.3 Å². The van der Waals surface area contributed by atoms with Crippen LogP contribution in [0.2, 0.25) is 0 Å². The number of anilines is 1. The quantitative estimate of drug-likeness (QED) is 0.203. The van der Waals surface area contributed by atoms with Gasteiger partial charge in [0, 0.05) is 31.4 Å². The Morgan fingerprint density at radius 1 is 0.800 bits per heavy atom. The predicted octanol–water partition coefficient (Wildman–Crippen LogP) is 6.34. The first-order valence-electron chi connectivity index (χ1n) is 17.4. The third kappa shape index (κ3) is 7.19. The van der Waals surface area contributed by atoms with Crippen LogP contribution in [0.25, 0.3) is 0 Å². The molecule has 0 aromatic heterocycles. The van der Waals surface area contributed by atoms with E-state index in [2.05, 4.69) is 45.8 Å². The number of hydrazine groups is 1. The molecule has 0 spiro atoms. The number of rotatable bonds is 12. The maximum atomic E-state index is 13.4. The highest BCUT2D eigenvalue weighted by Crippen LogP contribution is 2.42. The molecule has 6 rings (SSSR count). The summed E-state index contributed by atoms with van der Waals surface area (Å²) in [6, 6.07) is 7.06. The fourth-order valence-corrected chi connectivity index (χ4v) is 7.18. The lowest BCUT2D eigenvalue weighted by Gasteiger charge is -2.31. The van der Waals surface area contributed by atoms with Gasteiger partial charge in [0.15, 0.2) is 23.0 Å². The summed E-state index contributed by atoms with van der Waals surface area (Å²) in [5, 5.41) is 1.64. The van der Waals surface area contributed by atoms with Crippen molar-refractivity contribution in [2.24, 2.45) is 21.7 Å². The molecule has 2 aromatic rings. The van der Waals surface area contributed by atoms with Crippen LogP contribution in [0, 0.1) is 10.8 Å². The minimum Gasteiger partial charge on any atom is -0.493 e. The van der Waals surface area contributed by atoms with Crippen LogP contribution in [-0.4, -0.2) is 87.0 Å². The molecule has 4 aliphatic heterocycles. The van der Waals surface area contributed by atoms with Crippen LogP contribution in [-0.2, 0) is 0 Å². The van der Waals surface area contributed by atoms with Gasteiger partial charge in [-0.15, -0.1) is 0 Å². The first-order valence-corrected chi connectivity index (χ1v) is 17.4. The van der Waals surface area contributed by atoms with Gasteiger partial charge in [0.2, 0.25) is 0 Å². The standard InChI is InChI=1S/C39H51N5O6/c1-24-13-26-19-41-30-17-34(32(47-7)15-28(30)36(45)42(26)20-24)50-23-39(5,6)10-9-38(3,4)11-12-49-35-18-31-29(16-33(35)48-8)37(46)43-21-25(2)14-27(43)22-44(31)40/h15-19,26-27H,1-2,9-14,20-23,40H2,3-8H3/t26-,27-/m0/s1. The minimum absolute atomic E-state index is 0.00213. The van der Waals surface area contributed by atoms with E-state index in [1.165, 1.54) is 0 Å². The summed E-state index contributed by atoms with van der Waals surface area (Å²) in [6.45, 7) is 19.6. The van der Waals surface area contributed by atoms with E-state index < -0.39 is 0 Å². The van der Waals surface area contributed by atoms with Gasteiger partial charge < -0.3 is 33.8 Å². The van der Waals surface area contributed by atoms with Gasteiger partial charge in [-0.05, 0) is 55.1 Å². The molecule has 2 N–H and O–H groups in total. The van der Waals surface area contributed by atoms with Crippen molar-refractivity contribution in [3.63, 3.8) is 0 Å². The van der Waals surface area contributed by atoms with E-state index in [1.807, 2.05) is 28.1 Å². The van der Waals surface area contributed by atoms with Crippen molar-refractivity contribution in [1.82, 2.24) is 9.80 Å². The van der Waals surface area contributed by atoms with E-state index in [0.29, 0.717) is 78.3 Å². The van der Waals surface area contributed by atoms with Gasteiger partial charge >= 0.3 is 0 Å². The number of aliphatic imine (C=N–C) groups is 1. The highest BCUT2D eigenvalue weighted by Gasteiger charge is 2.38. The molecular formula is C39H51N5O6. The number of carbonyl (C=O) groups excluding carboxylic acids is 2. The lowest BCUT2D eigenvalue weighted by atomic mass is 9.78. The van der Waals surface area contributed by atoms with Gasteiger partial charge in [0.05, 0.1) is 68.6 Å². The summed E-state index contributed by atoms with van der Waals surface area (Å²) < 4.78 is 24.0. The molecule has 4 heterocycles. The third-order valence-corrected chi connectivity index (χ3v) is 10.4. The number of benzene rings is 2. The van der Waals surface area contributed by atoms with Gasteiger partial charge in [0.1, 0.15) is 0 Å². The Bertz CT molecular complexity index is 1730. The fraction of sp³-hybridized carbons (Fsp3) is 0.513. The molecule has 11 heteroatoms. The van der Waals surface area contributed by atoms with Crippen molar-refractivity contribution >= 4 is 29.4 Å². The molecule has 0 aliphatic carbocycles. The molecule has 2 aromatic carbocycles. The Kier molecular flexibility index (Phi) is 9.65. The summed E-state index contributed by atoms with van der Waals surface area (Å²) in [5.41, 5.74) is 4.16. The van der Waals surface area contributed by atoms with Crippen LogP contribution in [0.15, 0.2) is 53.6 Å². The summed E-state index contributed by atoms with van der Waals surface area (Å²) in [5.74, 6) is 8.50. The SMILES string of the molecule is C=C1C[C@H]2CN(N)c3cc(OCCC(C)(C)CCC(C)(C)COc4cc5c(cc4OC)C(=O)N4CC(=C)C[C@H]4C=N5)c(OC)cc3C(=O)N2C1. The summed E-state index contributed by atoms with van der Waals surface area (Å²) in [4.78, 5) is 35.1. The van der Waals surface area contributed by atoms with Crippen molar-refractivity contribution in [2.45, 2.75) is 71.9 Å². The average molecular weight is 686 g/mol. The highest BCUT2D eigenvalue weighted by molar-refractivity contribution is 6.04. The molecular weight excluding hydrogens is 634 g/mol. The second-order valence-electron chi connectivity index (χ2n) is 15.7. The smallest absolute Gasteiger partial charge is 0.257 e. The lowest BCUT2D eigenvalue weighted by Crippen LogP contribution is -2.42. The molecule has 0 unspecified atom stereocenters. The number of carbonyl (C=O) groups is 2. The fourth-order valence-electron chi connectivity index (χ4n) is 7.18. The van der Waals surface area contributed by atoms with Gasteiger partial charge in [-0.25, -0.2) is 5.84 Å². The van der Waals surface area contributed by atoms with Gasteiger partial charge in [-0.2, -0.15) is 0 Å². The van der Waals surface area contributed by atoms with Crippen molar-refractivity contribution in [3.8, 4) is 23.0 Å². The van der Waals surface area contributed by atoms with E-state index in [-0.39, 0.29) is 34.7 Å². The Morgan fingerprint density at radius 3 is 2.14 bits per heavy atom. The van der Waals surface area contributed by atoms with Gasteiger partial charge in [-0.1, -0.05) is 52.0 Å². The van der Waals surface area contributed by atoms with Crippen molar-refractivity contribution in [2.75, 3.05) is 52.1 Å². The molecule has 268 valence electrons. The molecule has 4 aliphatic rings. The molecule has 0 saturated carbocycles. The largest absolute Gasteiger partial charge is 0.493 e. The lowest BCUT2D eigenvalue weighted by molar-refractivity contribution is 0.0748. The summed E-state index contributed by atoms with van der Waals surface area (Å²) in [6.07, 6.45) is 6.00. The molecule has 2 amide bonds. The number of fused-ring (bicyclic) bond motifs is 4. The zero-order valence-electron chi connectivity index (χ0n) is 30.3. The Hall–Kier alpha value is -4.51. The normalized spacial score (nSPS) is 20.3. The average Bonchev–Trinajstić information content (AvgIpc) is 3.59. The molecule has 0 bridgehead atoms. The number of nitrogens with two attached hydrogens (primary N) is 1. The van der Waals surface area contributed by atoms with Crippen LogP contribution < -0.4 is 29.8 Å². The van der Waals surface area contributed by atoms with Crippen LogP contribution in [0.1, 0.15) is 80.5 Å². The van der Waals surface area contributed by atoms with E-state index in [9.17, 15) is 9.59 Å². The van der Waals surface area contributed by atoms with E-state index in [4.69, 9.17) is 24.8 Å². The maximum absolute atomic E-state index is 13.4. The Balaban J connectivity index is 1.05. The minimum atomic E-state index is -0.143. The predicted molar refractivity (Wildman–Crippen MR) is 195 cm³/mol. The molecule has 50 heavy (non-hydrogen) atoms. The third-order valence-electron chi connectivity index (χ3n) is 10.4. The molecule has 0 radical (unpaired) electrons. The van der Waals surface area contributed by atoms with Crippen molar-refractivity contribution in [3.05, 3.63) is 59.7 Å². The number of methoxy groups -OCH3 is 2. The number of amides is 2. The Labute approximate surface area is 295 Å². The van der Waals surface area contributed by atoms with Crippen LogP contribution in [0.4, 0.5) is 11.4 Å². The van der Waals surface area contributed by atoms with Gasteiger partial charge in [0.25, 0.3) is 11.8 Å². The Morgan fingerprint density at radius 2 is 1.42 bits per heavy atom. The van der Waals surface area contributed by atoms with Crippen LogP contribution in [0.5, 0.6) is 23.0 Å². The van der Waals surface area contributed by atoms with Crippen LogP contribution in [0.3, 0.4) is 0 Å². The number of hydrogen-bond acceptors (Lipinski definition) is 9. The van der Waals surface area contributed by atoms with E-state index in [1.54, 1.807) is 31.4 Å².